The molecule has 0 bridgehead atoms. The number of benzene rings is 1. The Morgan fingerprint density at radius 1 is 1.24 bits per heavy atom. The second-order valence-corrected chi connectivity index (χ2v) is 4.43. The number of carbonyl (C=O) groups excluding carboxylic acids is 1. The van der Waals surface area contributed by atoms with E-state index in [2.05, 4.69) is 10.1 Å². The zero-order chi connectivity index (χ0) is 15.2. The molecule has 0 aliphatic carbocycles. The Labute approximate surface area is 123 Å². The van der Waals surface area contributed by atoms with Crippen molar-refractivity contribution < 1.29 is 18.7 Å². The van der Waals surface area contributed by atoms with Crippen molar-refractivity contribution in [2.75, 3.05) is 20.8 Å². The van der Waals surface area contributed by atoms with Gasteiger partial charge in [0.05, 0.1) is 20.3 Å². The lowest BCUT2D eigenvalue weighted by Gasteiger charge is -2.18. The number of esters is 1. The number of carbonyl (C=O) groups is 1. The fourth-order valence-electron chi connectivity index (χ4n) is 2.19. The molecule has 1 atom stereocenters. The topological polar surface area (TPSA) is 60.7 Å². The molecule has 0 amide bonds. The van der Waals surface area contributed by atoms with Crippen LogP contribution in [-0.4, -0.2) is 26.7 Å². The van der Waals surface area contributed by atoms with Crippen molar-refractivity contribution in [2.24, 2.45) is 0 Å². The summed E-state index contributed by atoms with van der Waals surface area (Å²) in [5, 5.41) is 3.33. The van der Waals surface area contributed by atoms with Crippen molar-refractivity contribution in [1.82, 2.24) is 5.32 Å². The summed E-state index contributed by atoms with van der Waals surface area (Å²) in [6.07, 6.45) is 0. The van der Waals surface area contributed by atoms with Crippen LogP contribution in [0.25, 0.3) is 0 Å². The van der Waals surface area contributed by atoms with E-state index in [1.807, 2.05) is 31.2 Å². The molecule has 5 nitrogen and oxygen atoms in total. The van der Waals surface area contributed by atoms with Gasteiger partial charge in [0.25, 0.3) is 0 Å². The highest BCUT2D eigenvalue weighted by molar-refractivity contribution is 5.86. The van der Waals surface area contributed by atoms with E-state index in [9.17, 15) is 4.79 Å². The predicted octanol–water partition coefficient (Wildman–Crippen LogP) is 2.77. The fourth-order valence-corrected chi connectivity index (χ4v) is 2.19. The third-order valence-corrected chi connectivity index (χ3v) is 3.16. The molecule has 1 heterocycles. The molecule has 0 spiro atoms. The first kappa shape index (κ1) is 15.1. The smallest absolute Gasteiger partial charge is 0.373 e. The summed E-state index contributed by atoms with van der Waals surface area (Å²) >= 11 is 0. The molecule has 21 heavy (non-hydrogen) atoms. The second-order valence-electron chi connectivity index (χ2n) is 4.43. The van der Waals surface area contributed by atoms with Crippen LogP contribution >= 0.6 is 0 Å². The standard InChI is InChI=1S/C16H19NO4/c1-4-17-15(11-7-5-6-8-12(11)19-2)13-9-10-14(21-13)16(18)20-3/h5-10,15,17H,4H2,1-3H3. The van der Waals surface area contributed by atoms with Crippen molar-refractivity contribution in [3.63, 3.8) is 0 Å². The molecule has 2 rings (SSSR count). The molecule has 1 unspecified atom stereocenters. The van der Waals surface area contributed by atoms with Crippen molar-refractivity contribution in [1.29, 1.82) is 0 Å². The van der Waals surface area contributed by atoms with Crippen LogP contribution in [0, 0.1) is 0 Å². The van der Waals surface area contributed by atoms with E-state index in [0.29, 0.717) is 5.76 Å². The van der Waals surface area contributed by atoms with E-state index >= 15 is 0 Å². The summed E-state index contributed by atoms with van der Waals surface area (Å²) in [5.74, 6) is 1.10. The minimum Gasteiger partial charge on any atom is -0.496 e. The van der Waals surface area contributed by atoms with E-state index in [0.717, 1.165) is 17.9 Å². The van der Waals surface area contributed by atoms with Crippen molar-refractivity contribution >= 4 is 5.97 Å². The van der Waals surface area contributed by atoms with E-state index < -0.39 is 5.97 Å². The molecule has 112 valence electrons. The van der Waals surface area contributed by atoms with Gasteiger partial charge in [-0.05, 0) is 24.7 Å². The quantitative estimate of drug-likeness (QED) is 0.829. The van der Waals surface area contributed by atoms with Crippen LogP contribution in [0.4, 0.5) is 0 Å². The van der Waals surface area contributed by atoms with Gasteiger partial charge in [-0.25, -0.2) is 4.79 Å². The molecule has 0 aliphatic rings. The number of rotatable bonds is 6. The normalized spacial score (nSPS) is 12.0. The van der Waals surface area contributed by atoms with Gasteiger partial charge in [-0.15, -0.1) is 0 Å². The minimum atomic E-state index is -0.489. The lowest BCUT2D eigenvalue weighted by Crippen LogP contribution is -2.22. The van der Waals surface area contributed by atoms with Gasteiger partial charge in [-0.3, -0.25) is 0 Å². The van der Waals surface area contributed by atoms with Crippen LogP contribution in [0.1, 0.15) is 34.8 Å². The number of furan rings is 1. The van der Waals surface area contributed by atoms with Crippen molar-refractivity contribution in [3.05, 3.63) is 53.5 Å². The first-order chi connectivity index (χ1) is 10.2. The fraction of sp³-hybridized carbons (Fsp3) is 0.312. The maximum atomic E-state index is 11.5. The zero-order valence-electron chi connectivity index (χ0n) is 12.4. The Hall–Kier alpha value is -2.27. The van der Waals surface area contributed by atoms with Crippen LogP contribution < -0.4 is 10.1 Å². The molecule has 1 N–H and O–H groups in total. The summed E-state index contributed by atoms with van der Waals surface area (Å²) in [7, 11) is 2.95. The van der Waals surface area contributed by atoms with Gasteiger partial charge in [-0.1, -0.05) is 25.1 Å². The van der Waals surface area contributed by atoms with Gasteiger partial charge in [0.15, 0.2) is 0 Å². The summed E-state index contributed by atoms with van der Waals surface area (Å²) in [4.78, 5) is 11.5. The molecular formula is C16H19NO4. The molecule has 1 aromatic carbocycles. The lowest BCUT2D eigenvalue weighted by molar-refractivity contribution is 0.0562. The van der Waals surface area contributed by atoms with Crippen LogP contribution in [0.2, 0.25) is 0 Å². The van der Waals surface area contributed by atoms with Gasteiger partial charge in [0, 0.05) is 5.56 Å². The van der Waals surface area contributed by atoms with Crippen molar-refractivity contribution in [3.8, 4) is 5.75 Å². The van der Waals surface area contributed by atoms with Gasteiger partial charge < -0.3 is 19.2 Å². The predicted molar refractivity (Wildman–Crippen MR) is 78.6 cm³/mol. The molecule has 5 heteroatoms. The number of para-hydroxylation sites is 1. The maximum Gasteiger partial charge on any atom is 0.373 e. The minimum absolute atomic E-state index is 0.185. The SMILES string of the molecule is CCNC(c1ccc(C(=O)OC)o1)c1ccccc1OC. The van der Waals surface area contributed by atoms with Crippen LogP contribution in [0.5, 0.6) is 5.75 Å². The van der Waals surface area contributed by atoms with Gasteiger partial charge >= 0.3 is 5.97 Å². The highest BCUT2D eigenvalue weighted by Gasteiger charge is 2.22. The van der Waals surface area contributed by atoms with Crippen molar-refractivity contribution in [2.45, 2.75) is 13.0 Å². The third kappa shape index (κ3) is 3.25. The molecule has 1 aromatic heterocycles. The lowest BCUT2D eigenvalue weighted by atomic mass is 10.0. The molecule has 0 radical (unpaired) electrons. The maximum absolute atomic E-state index is 11.5. The zero-order valence-corrected chi connectivity index (χ0v) is 12.4. The van der Waals surface area contributed by atoms with Crippen LogP contribution in [0.15, 0.2) is 40.8 Å². The number of hydrogen-bond acceptors (Lipinski definition) is 5. The van der Waals surface area contributed by atoms with Crippen LogP contribution in [-0.2, 0) is 4.74 Å². The van der Waals surface area contributed by atoms with E-state index in [-0.39, 0.29) is 11.8 Å². The number of methoxy groups -OCH3 is 2. The van der Waals surface area contributed by atoms with Gasteiger partial charge in [0.1, 0.15) is 11.5 Å². The molecule has 0 saturated carbocycles. The van der Waals surface area contributed by atoms with Gasteiger partial charge in [-0.2, -0.15) is 0 Å². The summed E-state index contributed by atoms with van der Waals surface area (Å²) in [6, 6.07) is 10.9. The Kier molecular flexibility index (Phi) is 5.00. The Morgan fingerprint density at radius 2 is 2.00 bits per heavy atom. The average molecular weight is 289 g/mol. The first-order valence-electron chi connectivity index (χ1n) is 6.75. The summed E-state index contributed by atoms with van der Waals surface area (Å²) < 4.78 is 15.7. The molecule has 0 saturated heterocycles. The Balaban J connectivity index is 2.39. The number of nitrogens with one attached hydrogen (secondary N) is 1. The third-order valence-electron chi connectivity index (χ3n) is 3.16. The van der Waals surface area contributed by atoms with Gasteiger partial charge in [0.2, 0.25) is 5.76 Å². The molecule has 2 aromatic rings. The van der Waals surface area contributed by atoms with E-state index in [1.54, 1.807) is 19.2 Å². The Bertz CT molecular complexity index is 606. The second kappa shape index (κ2) is 6.95. The number of hydrogen-bond donors (Lipinski definition) is 1. The monoisotopic (exact) mass is 289 g/mol. The molecule has 0 aliphatic heterocycles. The highest BCUT2D eigenvalue weighted by Crippen LogP contribution is 2.30. The summed E-state index contributed by atoms with van der Waals surface area (Å²) in [5.41, 5.74) is 0.951. The molecule has 0 fully saturated rings. The van der Waals surface area contributed by atoms with E-state index in [4.69, 9.17) is 9.15 Å². The Morgan fingerprint density at radius 3 is 2.67 bits per heavy atom. The highest BCUT2D eigenvalue weighted by atomic mass is 16.5. The largest absolute Gasteiger partial charge is 0.496 e. The van der Waals surface area contributed by atoms with Crippen LogP contribution in [0.3, 0.4) is 0 Å². The number of ether oxygens (including phenoxy) is 2. The first-order valence-corrected chi connectivity index (χ1v) is 6.75. The molecular weight excluding hydrogens is 270 g/mol. The average Bonchev–Trinajstić information content (AvgIpc) is 3.01. The van der Waals surface area contributed by atoms with E-state index in [1.165, 1.54) is 7.11 Å². The summed E-state index contributed by atoms with van der Waals surface area (Å²) in [6.45, 7) is 2.75.